The summed E-state index contributed by atoms with van der Waals surface area (Å²) in [6, 6.07) is 0. The van der Waals surface area contributed by atoms with Crippen molar-refractivity contribution in [1.29, 1.82) is 0 Å². The van der Waals surface area contributed by atoms with Gasteiger partial charge in [0.1, 0.15) is 0 Å². The van der Waals surface area contributed by atoms with Crippen LogP contribution >= 0.6 is 0 Å². The van der Waals surface area contributed by atoms with Gasteiger partial charge in [0.05, 0.1) is 0 Å². The number of aliphatic hydroxyl groups is 1. The van der Waals surface area contributed by atoms with Crippen LogP contribution in [-0.2, 0) is 4.74 Å². The van der Waals surface area contributed by atoms with E-state index in [2.05, 4.69) is 20.8 Å². The number of rotatable bonds is 9. The second-order valence-corrected chi connectivity index (χ2v) is 4.42. The zero-order valence-electron chi connectivity index (χ0n) is 9.96. The van der Waals surface area contributed by atoms with Crippen LogP contribution in [0.4, 0.5) is 0 Å². The van der Waals surface area contributed by atoms with E-state index in [1.54, 1.807) is 0 Å². The molecule has 1 N–H and O–H groups in total. The summed E-state index contributed by atoms with van der Waals surface area (Å²) in [5.41, 5.74) is 0. The molecule has 1 unspecified atom stereocenters. The van der Waals surface area contributed by atoms with Crippen molar-refractivity contribution in [2.45, 2.75) is 46.5 Å². The topological polar surface area (TPSA) is 29.5 Å². The van der Waals surface area contributed by atoms with E-state index in [9.17, 15) is 0 Å². The van der Waals surface area contributed by atoms with Crippen LogP contribution in [0.15, 0.2) is 0 Å². The fourth-order valence-electron chi connectivity index (χ4n) is 1.41. The normalized spacial score (nSPS) is 13.5. The lowest BCUT2D eigenvalue weighted by molar-refractivity contribution is 0.0964. The van der Waals surface area contributed by atoms with Gasteiger partial charge in [0, 0.05) is 19.8 Å². The van der Waals surface area contributed by atoms with E-state index in [1.807, 2.05) is 0 Å². The van der Waals surface area contributed by atoms with Gasteiger partial charge >= 0.3 is 0 Å². The maximum absolute atomic E-state index is 9.05. The van der Waals surface area contributed by atoms with Gasteiger partial charge in [-0.25, -0.2) is 0 Å². The Kier molecular flexibility index (Phi) is 9.42. The van der Waals surface area contributed by atoms with E-state index in [-0.39, 0.29) is 0 Å². The molecule has 0 amide bonds. The first-order valence-electron chi connectivity index (χ1n) is 5.89. The molecule has 0 fully saturated rings. The Bertz CT molecular complexity index is 113. The van der Waals surface area contributed by atoms with Gasteiger partial charge in [-0.05, 0) is 31.1 Å². The molecule has 0 aliphatic rings. The Labute approximate surface area is 88.7 Å². The molecule has 2 heteroatoms. The van der Waals surface area contributed by atoms with E-state index in [1.165, 1.54) is 0 Å². The van der Waals surface area contributed by atoms with Crippen molar-refractivity contribution in [3.05, 3.63) is 0 Å². The molecular formula is C12H26O2. The molecule has 1 atom stereocenters. The summed E-state index contributed by atoms with van der Waals surface area (Å²) in [6.07, 6.45) is 4.40. The molecule has 2 nitrogen and oxygen atoms in total. The van der Waals surface area contributed by atoms with E-state index in [0.29, 0.717) is 12.5 Å². The fourth-order valence-corrected chi connectivity index (χ4v) is 1.41. The first-order valence-corrected chi connectivity index (χ1v) is 5.89. The maximum Gasteiger partial charge on any atom is 0.0469 e. The Balaban J connectivity index is 3.24. The predicted octanol–water partition coefficient (Wildman–Crippen LogP) is 2.85. The van der Waals surface area contributed by atoms with Gasteiger partial charge < -0.3 is 9.84 Å². The lowest BCUT2D eigenvalue weighted by Gasteiger charge is -2.13. The first kappa shape index (κ1) is 13.9. The van der Waals surface area contributed by atoms with Crippen LogP contribution in [0.25, 0.3) is 0 Å². The molecule has 0 aliphatic heterocycles. The smallest absolute Gasteiger partial charge is 0.0469 e. The molecular weight excluding hydrogens is 176 g/mol. The molecule has 86 valence electrons. The van der Waals surface area contributed by atoms with E-state index in [0.717, 1.165) is 44.8 Å². The average Bonchev–Trinajstić information content (AvgIpc) is 2.15. The van der Waals surface area contributed by atoms with Crippen molar-refractivity contribution in [1.82, 2.24) is 0 Å². The summed E-state index contributed by atoms with van der Waals surface area (Å²) in [7, 11) is 0. The van der Waals surface area contributed by atoms with Crippen LogP contribution in [-0.4, -0.2) is 24.9 Å². The van der Waals surface area contributed by atoms with Gasteiger partial charge in [-0.15, -0.1) is 0 Å². The third-order valence-electron chi connectivity index (χ3n) is 2.47. The second-order valence-electron chi connectivity index (χ2n) is 4.42. The number of hydrogen-bond acceptors (Lipinski definition) is 2. The molecule has 0 heterocycles. The van der Waals surface area contributed by atoms with Crippen LogP contribution in [0.2, 0.25) is 0 Å². The highest BCUT2D eigenvalue weighted by Gasteiger charge is 2.05. The lowest BCUT2D eigenvalue weighted by atomic mass is 10.0. The highest BCUT2D eigenvalue weighted by molar-refractivity contribution is 4.56. The van der Waals surface area contributed by atoms with Gasteiger partial charge in [0.2, 0.25) is 0 Å². The Hall–Kier alpha value is -0.0800. The zero-order valence-corrected chi connectivity index (χ0v) is 9.96. The first-order chi connectivity index (χ1) is 6.70. The van der Waals surface area contributed by atoms with Crippen molar-refractivity contribution in [2.75, 3.05) is 19.8 Å². The Morgan fingerprint density at radius 3 is 2.21 bits per heavy atom. The minimum Gasteiger partial charge on any atom is -0.396 e. The van der Waals surface area contributed by atoms with Crippen LogP contribution in [0.1, 0.15) is 46.5 Å². The maximum atomic E-state index is 9.05. The standard InChI is InChI=1S/C12H26O2/c1-4-5-12(10-13)7-9-14-8-6-11(2)3/h11-13H,4-10H2,1-3H3. The molecule has 0 spiro atoms. The van der Waals surface area contributed by atoms with E-state index >= 15 is 0 Å². The van der Waals surface area contributed by atoms with Gasteiger partial charge in [-0.1, -0.05) is 27.2 Å². The molecule has 0 aromatic heterocycles. The van der Waals surface area contributed by atoms with Crippen molar-refractivity contribution in [3.63, 3.8) is 0 Å². The summed E-state index contributed by atoms with van der Waals surface area (Å²) in [6.45, 7) is 8.54. The highest BCUT2D eigenvalue weighted by Crippen LogP contribution is 2.10. The van der Waals surface area contributed by atoms with Crippen LogP contribution < -0.4 is 0 Å². The number of hydrogen-bond donors (Lipinski definition) is 1. The minimum atomic E-state index is 0.307. The summed E-state index contributed by atoms with van der Waals surface area (Å²) >= 11 is 0. The third kappa shape index (κ3) is 8.52. The lowest BCUT2D eigenvalue weighted by Crippen LogP contribution is -2.10. The minimum absolute atomic E-state index is 0.307. The van der Waals surface area contributed by atoms with Crippen molar-refractivity contribution >= 4 is 0 Å². The molecule has 0 aromatic rings. The molecule has 0 saturated heterocycles. The summed E-state index contributed by atoms with van der Waals surface area (Å²) in [4.78, 5) is 0. The molecule has 0 rings (SSSR count). The molecule has 14 heavy (non-hydrogen) atoms. The van der Waals surface area contributed by atoms with Crippen LogP contribution in [0.3, 0.4) is 0 Å². The van der Waals surface area contributed by atoms with Gasteiger partial charge in [-0.3, -0.25) is 0 Å². The predicted molar refractivity (Wildman–Crippen MR) is 60.4 cm³/mol. The van der Waals surface area contributed by atoms with E-state index < -0.39 is 0 Å². The molecule has 0 bridgehead atoms. The van der Waals surface area contributed by atoms with Gasteiger partial charge in [-0.2, -0.15) is 0 Å². The molecule has 0 aromatic carbocycles. The quantitative estimate of drug-likeness (QED) is 0.583. The van der Waals surface area contributed by atoms with Crippen LogP contribution in [0, 0.1) is 11.8 Å². The van der Waals surface area contributed by atoms with E-state index in [4.69, 9.17) is 9.84 Å². The number of aliphatic hydroxyl groups excluding tert-OH is 1. The van der Waals surface area contributed by atoms with Crippen molar-refractivity contribution in [2.24, 2.45) is 11.8 Å². The largest absolute Gasteiger partial charge is 0.396 e. The van der Waals surface area contributed by atoms with Gasteiger partial charge in [0.15, 0.2) is 0 Å². The summed E-state index contributed by atoms with van der Waals surface area (Å²) in [5, 5.41) is 9.05. The van der Waals surface area contributed by atoms with Crippen molar-refractivity contribution < 1.29 is 9.84 Å². The van der Waals surface area contributed by atoms with Crippen molar-refractivity contribution in [3.8, 4) is 0 Å². The summed E-state index contributed by atoms with van der Waals surface area (Å²) in [5.74, 6) is 1.17. The SMILES string of the molecule is CCCC(CO)CCOCCC(C)C. The van der Waals surface area contributed by atoms with Gasteiger partial charge in [0.25, 0.3) is 0 Å². The Morgan fingerprint density at radius 1 is 1.07 bits per heavy atom. The summed E-state index contributed by atoms with van der Waals surface area (Å²) < 4.78 is 5.51. The average molecular weight is 202 g/mol. The second kappa shape index (κ2) is 9.47. The number of ether oxygens (including phenoxy) is 1. The highest BCUT2D eigenvalue weighted by atomic mass is 16.5. The monoisotopic (exact) mass is 202 g/mol. The zero-order chi connectivity index (χ0) is 10.8. The Morgan fingerprint density at radius 2 is 1.71 bits per heavy atom. The van der Waals surface area contributed by atoms with Crippen LogP contribution in [0.5, 0.6) is 0 Å². The molecule has 0 saturated carbocycles. The molecule has 0 aliphatic carbocycles. The third-order valence-corrected chi connectivity index (χ3v) is 2.47. The fraction of sp³-hybridized carbons (Fsp3) is 1.00. The molecule has 0 radical (unpaired) electrons.